The highest BCUT2D eigenvalue weighted by Crippen LogP contribution is 2.18. The molecule has 1 aliphatic rings. The second-order valence-electron chi connectivity index (χ2n) is 6.16. The van der Waals surface area contributed by atoms with Crippen LogP contribution >= 0.6 is 0 Å². The molecule has 0 amide bonds. The highest BCUT2D eigenvalue weighted by atomic mass is 16.4. The monoisotopic (exact) mass is 308 g/mol. The maximum atomic E-state index is 11.7. The van der Waals surface area contributed by atoms with Crippen LogP contribution < -0.4 is 5.43 Å². The molecule has 0 spiro atoms. The molecule has 0 radical (unpaired) electrons. The molecule has 6 heteroatoms. The van der Waals surface area contributed by atoms with Gasteiger partial charge in [0.2, 0.25) is 5.43 Å². The van der Waals surface area contributed by atoms with Crippen LogP contribution in [0, 0.1) is 5.92 Å². The van der Waals surface area contributed by atoms with E-state index in [1.165, 1.54) is 12.3 Å². The van der Waals surface area contributed by atoms with Crippen molar-refractivity contribution in [2.24, 2.45) is 5.92 Å². The molecule has 1 aromatic heterocycles. The molecule has 0 bridgehead atoms. The lowest BCUT2D eigenvalue weighted by molar-refractivity contribution is -0.137. The summed E-state index contributed by atoms with van der Waals surface area (Å²) in [6.07, 6.45) is 4.28. The van der Waals surface area contributed by atoms with Crippen molar-refractivity contribution in [3.8, 4) is 5.75 Å². The number of carbonyl (C=O) groups is 1. The zero-order chi connectivity index (χ0) is 16.1. The molecule has 0 atom stereocenters. The molecule has 2 rings (SSSR count). The van der Waals surface area contributed by atoms with Gasteiger partial charge in [-0.1, -0.05) is 6.92 Å². The van der Waals surface area contributed by atoms with Crippen molar-refractivity contribution in [2.45, 2.75) is 45.7 Å². The van der Waals surface area contributed by atoms with E-state index in [-0.39, 0.29) is 17.6 Å². The third-order valence-electron chi connectivity index (χ3n) is 4.25. The summed E-state index contributed by atoms with van der Waals surface area (Å²) < 4.78 is 1.80. The molecular formula is C16H24N2O4. The zero-order valence-electron chi connectivity index (χ0n) is 13.0. The predicted molar refractivity (Wildman–Crippen MR) is 82.9 cm³/mol. The Hall–Kier alpha value is -1.82. The Morgan fingerprint density at radius 2 is 2.05 bits per heavy atom. The number of hydrogen-bond acceptors (Lipinski definition) is 4. The van der Waals surface area contributed by atoms with Gasteiger partial charge in [0.25, 0.3) is 0 Å². The van der Waals surface area contributed by atoms with Crippen LogP contribution in [0.3, 0.4) is 0 Å². The van der Waals surface area contributed by atoms with E-state index in [2.05, 4.69) is 11.8 Å². The van der Waals surface area contributed by atoms with Gasteiger partial charge in [0, 0.05) is 31.3 Å². The first kappa shape index (κ1) is 16.5. The minimum atomic E-state index is -0.836. The van der Waals surface area contributed by atoms with E-state index in [9.17, 15) is 14.7 Å². The molecule has 0 aromatic carbocycles. The Morgan fingerprint density at radius 1 is 1.36 bits per heavy atom. The minimum absolute atomic E-state index is 0.0769. The van der Waals surface area contributed by atoms with Crippen molar-refractivity contribution >= 4 is 5.97 Å². The number of hydrogen-bond donors (Lipinski definition) is 2. The summed E-state index contributed by atoms with van der Waals surface area (Å²) in [5.74, 6) is -0.378. The van der Waals surface area contributed by atoms with E-state index >= 15 is 0 Å². The number of pyridine rings is 1. The first-order chi connectivity index (χ1) is 10.5. The van der Waals surface area contributed by atoms with Gasteiger partial charge in [-0.2, -0.15) is 0 Å². The number of nitrogens with zero attached hydrogens (tertiary/aromatic N) is 2. The first-order valence-corrected chi connectivity index (χ1v) is 7.82. The fourth-order valence-corrected chi connectivity index (χ4v) is 2.80. The van der Waals surface area contributed by atoms with Crippen molar-refractivity contribution in [2.75, 3.05) is 13.1 Å². The standard InChI is InChI=1S/C16H24N2O4/c1-12-4-7-17(8-5-12)10-13-9-14(19)15(20)11-18(13)6-2-3-16(21)22/h9,11-12,20H,2-8,10H2,1H3,(H,21,22). The Bertz CT molecular complexity index is 574. The minimum Gasteiger partial charge on any atom is -0.503 e. The lowest BCUT2D eigenvalue weighted by Gasteiger charge is -2.31. The molecule has 0 aliphatic carbocycles. The molecule has 6 nitrogen and oxygen atoms in total. The third kappa shape index (κ3) is 4.59. The summed E-state index contributed by atoms with van der Waals surface area (Å²) in [7, 11) is 0. The van der Waals surface area contributed by atoms with E-state index in [0.717, 1.165) is 37.5 Å². The lowest BCUT2D eigenvalue weighted by Crippen LogP contribution is -2.33. The summed E-state index contributed by atoms with van der Waals surface area (Å²) >= 11 is 0. The number of rotatable bonds is 6. The topological polar surface area (TPSA) is 82.8 Å². The number of likely N-dealkylation sites (tertiary alicyclic amines) is 1. The van der Waals surface area contributed by atoms with Gasteiger partial charge in [0.05, 0.1) is 6.20 Å². The van der Waals surface area contributed by atoms with Crippen LogP contribution in [0.2, 0.25) is 0 Å². The number of carboxylic acids is 1. The van der Waals surface area contributed by atoms with Crippen molar-refractivity contribution in [3.05, 3.63) is 28.2 Å². The summed E-state index contributed by atoms with van der Waals surface area (Å²) in [4.78, 5) is 24.6. The summed E-state index contributed by atoms with van der Waals surface area (Å²) in [5, 5.41) is 18.3. The van der Waals surface area contributed by atoms with Gasteiger partial charge in [-0.15, -0.1) is 0 Å². The van der Waals surface area contributed by atoms with Gasteiger partial charge in [0.15, 0.2) is 5.75 Å². The second kappa shape index (κ2) is 7.45. The van der Waals surface area contributed by atoms with Gasteiger partial charge < -0.3 is 14.8 Å². The molecule has 0 saturated carbocycles. The summed E-state index contributed by atoms with van der Waals surface area (Å²) in [6, 6.07) is 1.47. The average molecular weight is 308 g/mol. The largest absolute Gasteiger partial charge is 0.503 e. The van der Waals surface area contributed by atoms with E-state index in [1.54, 1.807) is 4.57 Å². The van der Waals surface area contributed by atoms with Gasteiger partial charge >= 0.3 is 5.97 Å². The highest BCUT2D eigenvalue weighted by Gasteiger charge is 2.17. The molecule has 2 N–H and O–H groups in total. The molecular weight excluding hydrogens is 284 g/mol. The zero-order valence-corrected chi connectivity index (χ0v) is 13.0. The molecule has 122 valence electrons. The van der Waals surface area contributed by atoms with Crippen LogP contribution in [-0.4, -0.2) is 38.7 Å². The van der Waals surface area contributed by atoms with Crippen LogP contribution in [0.15, 0.2) is 17.1 Å². The first-order valence-electron chi connectivity index (χ1n) is 7.82. The molecule has 1 fully saturated rings. The molecule has 0 unspecified atom stereocenters. The molecule has 1 saturated heterocycles. The molecule has 1 aliphatic heterocycles. The Kier molecular flexibility index (Phi) is 5.60. The number of carboxylic acid groups (broad SMARTS) is 1. The normalized spacial score (nSPS) is 16.8. The number of aliphatic carboxylic acids is 1. The van der Waals surface area contributed by atoms with E-state index in [4.69, 9.17) is 5.11 Å². The number of aromatic nitrogens is 1. The van der Waals surface area contributed by atoms with Crippen LogP contribution in [0.1, 0.15) is 38.3 Å². The van der Waals surface area contributed by atoms with Crippen molar-refractivity contribution in [1.82, 2.24) is 9.47 Å². The maximum Gasteiger partial charge on any atom is 0.303 e. The van der Waals surface area contributed by atoms with Gasteiger partial charge in [-0.05, 0) is 38.3 Å². The van der Waals surface area contributed by atoms with Crippen LogP contribution in [0.4, 0.5) is 0 Å². The number of piperidine rings is 1. The predicted octanol–water partition coefficient (Wildman–Crippen LogP) is 1.65. The van der Waals surface area contributed by atoms with E-state index in [1.807, 2.05) is 0 Å². The van der Waals surface area contributed by atoms with E-state index in [0.29, 0.717) is 19.5 Å². The van der Waals surface area contributed by atoms with Crippen molar-refractivity contribution in [1.29, 1.82) is 0 Å². The number of aromatic hydroxyl groups is 1. The van der Waals surface area contributed by atoms with Crippen molar-refractivity contribution < 1.29 is 15.0 Å². The van der Waals surface area contributed by atoms with Gasteiger partial charge in [0.1, 0.15) is 0 Å². The Morgan fingerprint density at radius 3 is 2.68 bits per heavy atom. The summed E-state index contributed by atoms with van der Waals surface area (Å²) in [6.45, 7) is 5.41. The Labute approximate surface area is 130 Å². The molecule has 1 aromatic rings. The fourth-order valence-electron chi connectivity index (χ4n) is 2.80. The second-order valence-corrected chi connectivity index (χ2v) is 6.16. The quantitative estimate of drug-likeness (QED) is 0.835. The van der Waals surface area contributed by atoms with Crippen LogP contribution in [0.25, 0.3) is 0 Å². The highest BCUT2D eigenvalue weighted by molar-refractivity contribution is 5.66. The third-order valence-corrected chi connectivity index (χ3v) is 4.25. The number of aryl methyl sites for hydroxylation is 1. The van der Waals surface area contributed by atoms with E-state index < -0.39 is 5.97 Å². The molecule has 22 heavy (non-hydrogen) atoms. The lowest BCUT2D eigenvalue weighted by atomic mass is 9.99. The fraction of sp³-hybridized carbons (Fsp3) is 0.625. The van der Waals surface area contributed by atoms with Crippen LogP contribution in [0.5, 0.6) is 5.75 Å². The van der Waals surface area contributed by atoms with Gasteiger partial charge in [-0.25, -0.2) is 0 Å². The Balaban J connectivity index is 2.08. The SMILES string of the molecule is CC1CCN(Cc2cc(=O)c(O)cn2CCCC(=O)O)CC1. The summed E-state index contributed by atoms with van der Waals surface area (Å²) in [5.41, 5.74) is 0.456. The maximum absolute atomic E-state index is 11.7. The van der Waals surface area contributed by atoms with Crippen LogP contribution in [-0.2, 0) is 17.9 Å². The van der Waals surface area contributed by atoms with Gasteiger partial charge in [-0.3, -0.25) is 14.5 Å². The molecule has 2 heterocycles. The average Bonchev–Trinajstić information content (AvgIpc) is 2.46. The smallest absolute Gasteiger partial charge is 0.303 e. The van der Waals surface area contributed by atoms with Crippen molar-refractivity contribution in [3.63, 3.8) is 0 Å².